The fourth-order valence-corrected chi connectivity index (χ4v) is 2.22. The molecular formula is C19H11F5N2O4. The second-order valence-electron chi connectivity index (χ2n) is 5.67. The number of nitrogens with zero attached hydrogens (tertiary/aromatic N) is 1. The number of halogens is 5. The summed E-state index contributed by atoms with van der Waals surface area (Å²) in [5.74, 6) is -14.0. The van der Waals surface area contributed by atoms with Crippen molar-refractivity contribution < 1.29 is 40.7 Å². The summed E-state index contributed by atoms with van der Waals surface area (Å²) in [5, 5.41) is 3.46. The van der Waals surface area contributed by atoms with Gasteiger partial charge in [0.25, 0.3) is 0 Å². The first kappa shape index (κ1) is 20.8. The van der Waals surface area contributed by atoms with Crippen LogP contribution in [0.15, 0.2) is 52.0 Å². The van der Waals surface area contributed by atoms with E-state index in [2.05, 4.69) is 14.7 Å². The van der Waals surface area contributed by atoms with Crippen LogP contribution in [-0.4, -0.2) is 11.8 Å². The van der Waals surface area contributed by atoms with E-state index >= 15 is 0 Å². The lowest BCUT2D eigenvalue weighted by atomic mass is 10.2. The predicted molar refractivity (Wildman–Crippen MR) is 91.9 cm³/mol. The Hall–Kier alpha value is -3.89. The Morgan fingerprint density at radius 2 is 1.50 bits per heavy atom. The van der Waals surface area contributed by atoms with Crippen LogP contribution in [-0.2, 0) is 11.4 Å². The lowest BCUT2D eigenvalue weighted by molar-refractivity contribution is 0.0475. The maximum Gasteiger partial charge on any atom is 0.400 e. The molecule has 0 aliphatic carbocycles. The monoisotopic (exact) mass is 426 g/mol. The van der Waals surface area contributed by atoms with Gasteiger partial charge in [-0.25, -0.2) is 18.0 Å². The van der Waals surface area contributed by atoms with E-state index in [1.54, 1.807) is 30.3 Å². The number of amidine groups is 1. The number of oxime groups is 1. The Bertz CT molecular complexity index is 1090. The molecule has 0 aliphatic rings. The fourth-order valence-electron chi connectivity index (χ4n) is 2.22. The maximum atomic E-state index is 13.6. The zero-order valence-electron chi connectivity index (χ0n) is 14.8. The molecule has 2 aromatic carbocycles. The number of benzene rings is 2. The van der Waals surface area contributed by atoms with Crippen LogP contribution < -0.4 is 10.5 Å². The molecule has 0 atom stereocenters. The van der Waals surface area contributed by atoms with Crippen LogP contribution in [0.25, 0.3) is 0 Å². The summed E-state index contributed by atoms with van der Waals surface area (Å²) in [6.45, 7) is -0.735. The molecule has 1 heterocycles. The molecule has 3 aromatic rings. The summed E-state index contributed by atoms with van der Waals surface area (Å²) in [5.41, 5.74) is 6.17. The predicted octanol–water partition coefficient (Wildman–Crippen LogP) is 4.03. The second kappa shape index (κ2) is 8.64. The van der Waals surface area contributed by atoms with Gasteiger partial charge in [0.2, 0.25) is 34.8 Å². The molecule has 30 heavy (non-hydrogen) atoms. The molecule has 11 heteroatoms. The molecule has 0 aliphatic heterocycles. The van der Waals surface area contributed by atoms with Crippen molar-refractivity contribution in [3.63, 3.8) is 0 Å². The smallest absolute Gasteiger partial charge is 0.400 e. The van der Waals surface area contributed by atoms with Crippen molar-refractivity contribution in [3.8, 4) is 5.75 Å². The van der Waals surface area contributed by atoms with Crippen molar-refractivity contribution >= 4 is 11.8 Å². The molecule has 1 aromatic heterocycles. The Morgan fingerprint density at radius 3 is 2.13 bits per heavy atom. The topological polar surface area (TPSA) is 87.1 Å². The third-order valence-corrected chi connectivity index (χ3v) is 3.69. The van der Waals surface area contributed by atoms with E-state index in [0.717, 1.165) is 6.07 Å². The number of ether oxygens (including phenoxy) is 1. The summed E-state index contributed by atoms with van der Waals surface area (Å²) in [7, 11) is 0. The first-order chi connectivity index (χ1) is 14.3. The van der Waals surface area contributed by atoms with E-state index in [4.69, 9.17) is 10.2 Å². The highest BCUT2D eigenvalue weighted by Crippen LogP contribution is 2.29. The largest absolute Gasteiger partial charge is 0.479 e. The summed E-state index contributed by atoms with van der Waals surface area (Å²) < 4.78 is 76.2. The van der Waals surface area contributed by atoms with E-state index in [1.165, 1.54) is 6.07 Å². The zero-order chi connectivity index (χ0) is 21.8. The Morgan fingerprint density at radius 1 is 0.900 bits per heavy atom. The lowest BCUT2D eigenvalue weighted by Gasteiger charge is -2.09. The summed E-state index contributed by atoms with van der Waals surface area (Å²) in [4.78, 5) is 16.6. The molecule has 0 amide bonds. The number of hydrogen-bond donors (Lipinski definition) is 1. The summed E-state index contributed by atoms with van der Waals surface area (Å²) >= 11 is 0. The van der Waals surface area contributed by atoms with E-state index in [0.29, 0.717) is 5.56 Å². The van der Waals surface area contributed by atoms with Gasteiger partial charge in [0.05, 0.1) is 0 Å². The average molecular weight is 426 g/mol. The highest BCUT2D eigenvalue weighted by Gasteiger charge is 2.27. The average Bonchev–Trinajstić information content (AvgIpc) is 3.24. The molecule has 0 saturated carbocycles. The van der Waals surface area contributed by atoms with Crippen molar-refractivity contribution in [2.24, 2.45) is 10.9 Å². The zero-order valence-corrected chi connectivity index (χ0v) is 14.8. The van der Waals surface area contributed by atoms with Gasteiger partial charge in [-0.15, -0.1) is 0 Å². The van der Waals surface area contributed by atoms with E-state index in [-0.39, 0.29) is 17.4 Å². The quantitative estimate of drug-likeness (QED) is 0.122. The molecule has 156 valence electrons. The van der Waals surface area contributed by atoms with Gasteiger partial charge in [0.1, 0.15) is 12.4 Å². The summed E-state index contributed by atoms with van der Waals surface area (Å²) in [6.07, 6.45) is 0. The number of hydrogen-bond acceptors (Lipinski definition) is 5. The minimum atomic E-state index is -2.31. The van der Waals surface area contributed by atoms with Gasteiger partial charge >= 0.3 is 5.97 Å². The molecule has 0 radical (unpaired) electrons. The molecule has 0 unspecified atom stereocenters. The van der Waals surface area contributed by atoms with Crippen LogP contribution in [0.2, 0.25) is 0 Å². The number of carbonyl (C=O) groups excluding carboxylic acids is 1. The van der Waals surface area contributed by atoms with Gasteiger partial charge in [-0.05, 0) is 12.1 Å². The third kappa shape index (κ3) is 4.24. The van der Waals surface area contributed by atoms with Crippen LogP contribution in [0.3, 0.4) is 0 Å². The van der Waals surface area contributed by atoms with Gasteiger partial charge < -0.3 is 19.7 Å². The van der Waals surface area contributed by atoms with Gasteiger partial charge in [-0.1, -0.05) is 35.5 Å². The minimum Gasteiger partial charge on any atom is -0.479 e. The van der Waals surface area contributed by atoms with Crippen molar-refractivity contribution in [2.45, 2.75) is 6.61 Å². The Kier molecular flexibility index (Phi) is 6.00. The fraction of sp³-hybridized carbons (Fsp3) is 0.0526. The number of rotatable bonds is 6. The van der Waals surface area contributed by atoms with E-state index < -0.39 is 47.4 Å². The first-order valence-electron chi connectivity index (χ1n) is 8.12. The Balaban J connectivity index is 1.67. The molecule has 0 saturated heterocycles. The lowest BCUT2D eigenvalue weighted by Crippen LogP contribution is -2.15. The molecule has 0 fully saturated rings. The molecule has 2 N–H and O–H groups in total. The van der Waals surface area contributed by atoms with Gasteiger partial charge in [0, 0.05) is 5.56 Å². The molecule has 6 nitrogen and oxygen atoms in total. The molecule has 0 spiro atoms. The molecule has 3 rings (SSSR count). The van der Waals surface area contributed by atoms with Crippen LogP contribution in [0, 0.1) is 29.1 Å². The van der Waals surface area contributed by atoms with Crippen LogP contribution in [0.1, 0.15) is 21.9 Å². The van der Waals surface area contributed by atoms with Gasteiger partial charge in [-0.2, -0.15) is 8.78 Å². The van der Waals surface area contributed by atoms with Crippen molar-refractivity contribution in [1.29, 1.82) is 0 Å². The maximum absolute atomic E-state index is 13.6. The number of furan rings is 1. The van der Waals surface area contributed by atoms with E-state index in [1.807, 2.05) is 0 Å². The van der Waals surface area contributed by atoms with Gasteiger partial charge in [0.15, 0.2) is 11.6 Å². The molecule has 0 bridgehead atoms. The molecular weight excluding hydrogens is 415 g/mol. The van der Waals surface area contributed by atoms with Crippen molar-refractivity contribution in [2.75, 3.05) is 0 Å². The van der Waals surface area contributed by atoms with Gasteiger partial charge in [-0.3, -0.25) is 0 Å². The standard InChI is InChI=1S/C19H11F5N2O4/c20-12-13(21)15(23)17(16(24)14(12)22)28-8-10-6-7-11(29-10)19(27)30-26-18(25)9-4-2-1-3-5-9/h1-7H,8H2,(H2,25,26). The highest BCUT2D eigenvalue weighted by molar-refractivity contribution is 5.97. The minimum absolute atomic E-state index is 0.0784. The van der Waals surface area contributed by atoms with Crippen LogP contribution in [0.5, 0.6) is 5.75 Å². The normalized spacial score (nSPS) is 11.4. The van der Waals surface area contributed by atoms with E-state index in [9.17, 15) is 26.7 Å². The van der Waals surface area contributed by atoms with Crippen molar-refractivity contribution in [3.05, 3.63) is 88.6 Å². The number of nitrogens with two attached hydrogens (primary N) is 1. The van der Waals surface area contributed by atoms with Crippen molar-refractivity contribution in [1.82, 2.24) is 0 Å². The summed E-state index contributed by atoms with van der Waals surface area (Å²) in [6, 6.07) is 10.7. The number of carbonyl (C=O) groups is 1. The SMILES string of the molecule is N/C(=N\OC(=O)c1ccc(COc2c(F)c(F)c(F)c(F)c2F)o1)c1ccccc1. The van der Waals surface area contributed by atoms with Crippen LogP contribution in [0.4, 0.5) is 22.0 Å². The highest BCUT2D eigenvalue weighted by atomic mass is 19.2. The first-order valence-corrected chi connectivity index (χ1v) is 8.12. The Labute approximate surface area is 165 Å². The van der Waals surface area contributed by atoms with Crippen LogP contribution >= 0.6 is 0 Å². The second-order valence-corrected chi connectivity index (χ2v) is 5.67. The third-order valence-electron chi connectivity index (χ3n) is 3.69.